The predicted molar refractivity (Wildman–Crippen MR) is 139 cm³/mol. The second-order valence-electron chi connectivity index (χ2n) is 7.59. The highest BCUT2D eigenvalue weighted by atomic mass is 14.9. The van der Waals surface area contributed by atoms with Crippen LogP contribution in [0, 0.1) is 0 Å². The van der Waals surface area contributed by atoms with Gasteiger partial charge in [0.05, 0.1) is 11.4 Å². The molecule has 0 fully saturated rings. The van der Waals surface area contributed by atoms with Crippen molar-refractivity contribution in [3.05, 3.63) is 78.9 Å². The Morgan fingerprint density at radius 2 is 0.844 bits per heavy atom. The predicted octanol–water partition coefficient (Wildman–Crippen LogP) is 6.25. The van der Waals surface area contributed by atoms with E-state index in [1.165, 1.54) is 0 Å². The number of nitrogens with one attached hydrogen (secondary N) is 4. The molecule has 32 heavy (non-hydrogen) atoms. The van der Waals surface area contributed by atoms with Crippen molar-refractivity contribution < 1.29 is 0 Å². The van der Waals surface area contributed by atoms with Crippen LogP contribution in [0.25, 0.3) is 33.6 Å². The van der Waals surface area contributed by atoms with Gasteiger partial charge in [-0.1, -0.05) is 30.3 Å². The molecule has 4 aromatic rings. The second-order valence-corrected chi connectivity index (χ2v) is 7.59. The van der Waals surface area contributed by atoms with Crippen LogP contribution in [0.1, 0.15) is 0 Å². The average Bonchev–Trinajstić information content (AvgIpc) is 2.88. The number of aromatic nitrogens is 1. The molecule has 0 spiro atoms. The topological polar surface area (TPSA) is 61.0 Å². The van der Waals surface area contributed by atoms with Gasteiger partial charge in [-0.2, -0.15) is 0 Å². The SMILES string of the molecule is CNc1cc(NC)cc(-c2cc(-c3ccccc3)cc(-c3cc(NC)cc(NC)c3)n2)c1. The van der Waals surface area contributed by atoms with E-state index in [1.807, 2.05) is 34.3 Å². The molecule has 1 aromatic heterocycles. The van der Waals surface area contributed by atoms with Gasteiger partial charge in [-0.3, -0.25) is 0 Å². The minimum absolute atomic E-state index is 0.927. The summed E-state index contributed by atoms with van der Waals surface area (Å²) in [5, 5.41) is 13.0. The van der Waals surface area contributed by atoms with Gasteiger partial charge in [-0.05, 0) is 59.7 Å². The first-order valence-corrected chi connectivity index (χ1v) is 10.7. The zero-order valence-corrected chi connectivity index (χ0v) is 19.0. The van der Waals surface area contributed by atoms with Crippen LogP contribution >= 0.6 is 0 Å². The molecule has 0 amide bonds. The quantitative estimate of drug-likeness (QED) is 0.283. The van der Waals surface area contributed by atoms with Gasteiger partial charge in [0.15, 0.2) is 0 Å². The fraction of sp³-hybridized carbons (Fsp3) is 0.148. The van der Waals surface area contributed by atoms with Crippen LogP contribution in [-0.4, -0.2) is 33.2 Å². The van der Waals surface area contributed by atoms with Crippen LogP contribution < -0.4 is 21.3 Å². The molecule has 0 saturated heterocycles. The van der Waals surface area contributed by atoms with Crippen LogP contribution in [0.15, 0.2) is 78.9 Å². The molecule has 1 heterocycles. The van der Waals surface area contributed by atoms with E-state index in [-0.39, 0.29) is 0 Å². The fourth-order valence-corrected chi connectivity index (χ4v) is 3.75. The molecule has 5 heteroatoms. The first-order valence-electron chi connectivity index (χ1n) is 10.7. The number of pyridine rings is 1. The third-order valence-electron chi connectivity index (χ3n) is 5.54. The summed E-state index contributed by atoms with van der Waals surface area (Å²) in [6, 6.07) is 27.4. The third-order valence-corrected chi connectivity index (χ3v) is 5.54. The van der Waals surface area contributed by atoms with Crippen LogP contribution in [-0.2, 0) is 0 Å². The molecular weight excluding hydrogens is 394 g/mol. The monoisotopic (exact) mass is 423 g/mol. The van der Waals surface area contributed by atoms with Gasteiger partial charge in [0.25, 0.3) is 0 Å². The van der Waals surface area contributed by atoms with Crippen LogP contribution in [0.2, 0.25) is 0 Å². The van der Waals surface area contributed by atoms with Crippen LogP contribution in [0.3, 0.4) is 0 Å². The van der Waals surface area contributed by atoms with Crippen molar-refractivity contribution in [2.75, 3.05) is 49.5 Å². The molecule has 0 saturated carbocycles. The largest absolute Gasteiger partial charge is 0.388 e. The molecule has 4 rings (SSSR count). The highest BCUT2D eigenvalue weighted by Crippen LogP contribution is 2.34. The van der Waals surface area contributed by atoms with Gasteiger partial charge in [0, 0.05) is 62.1 Å². The molecule has 0 aliphatic heterocycles. The molecule has 4 N–H and O–H groups in total. The Kier molecular flexibility index (Phi) is 6.26. The number of hydrogen-bond acceptors (Lipinski definition) is 5. The molecule has 0 radical (unpaired) electrons. The smallest absolute Gasteiger partial charge is 0.0717 e. The van der Waals surface area contributed by atoms with E-state index in [1.54, 1.807) is 0 Å². The molecule has 0 unspecified atom stereocenters. The lowest BCUT2D eigenvalue weighted by Gasteiger charge is -2.14. The summed E-state index contributed by atoms with van der Waals surface area (Å²) in [6.07, 6.45) is 0. The maximum Gasteiger partial charge on any atom is 0.0717 e. The lowest BCUT2D eigenvalue weighted by molar-refractivity contribution is 1.31. The second kappa shape index (κ2) is 9.43. The number of anilines is 4. The van der Waals surface area contributed by atoms with E-state index in [2.05, 4.69) is 94.1 Å². The standard InChI is InChI=1S/C27H29N5/c1-28-22-10-20(11-23(16-22)29-2)26-14-19(18-8-6-5-7-9-18)15-27(32-26)21-12-24(30-3)17-25(13-21)31-4/h5-17,28-31H,1-4H3. The van der Waals surface area contributed by atoms with Gasteiger partial charge >= 0.3 is 0 Å². The fourth-order valence-electron chi connectivity index (χ4n) is 3.75. The van der Waals surface area contributed by atoms with E-state index >= 15 is 0 Å². The molecule has 0 aliphatic rings. The van der Waals surface area contributed by atoms with E-state index in [0.717, 1.165) is 56.4 Å². The van der Waals surface area contributed by atoms with Gasteiger partial charge in [0.2, 0.25) is 0 Å². The zero-order chi connectivity index (χ0) is 22.5. The Morgan fingerprint density at radius 1 is 0.438 bits per heavy atom. The Balaban J connectivity index is 1.94. The average molecular weight is 424 g/mol. The van der Waals surface area contributed by atoms with Crippen LogP contribution in [0.4, 0.5) is 22.7 Å². The Morgan fingerprint density at radius 3 is 1.22 bits per heavy atom. The first kappa shape index (κ1) is 21.2. The van der Waals surface area contributed by atoms with E-state index in [9.17, 15) is 0 Å². The Hall–Kier alpha value is -3.99. The van der Waals surface area contributed by atoms with Crippen molar-refractivity contribution in [3.8, 4) is 33.6 Å². The zero-order valence-electron chi connectivity index (χ0n) is 19.0. The maximum absolute atomic E-state index is 5.09. The number of rotatable bonds is 7. The maximum atomic E-state index is 5.09. The van der Waals surface area contributed by atoms with Gasteiger partial charge in [-0.25, -0.2) is 4.98 Å². The minimum atomic E-state index is 0.927. The van der Waals surface area contributed by atoms with Crippen molar-refractivity contribution in [1.82, 2.24) is 4.98 Å². The van der Waals surface area contributed by atoms with Crippen molar-refractivity contribution >= 4 is 22.7 Å². The van der Waals surface area contributed by atoms with Crippen molar-refractivity contribution in [2.24, 2.45) is 0 Å². The van der Waals surface area contributed by atoms with E-state index in [4.69, 9.17) is 4.98 Å². The molecule has 5 nitrogen and oxygen atoms in total. The summed E-state index contributed by atoms with van der Waals surface area (Å²) in [5.41, 5.74) is 10.4. The molecule has 0 bridgehead atoms. The summed E-state index contributed by atoms with van der Waals surface area (Å²) in [5.74, 6) is 0. The van der Waals surface area contributed by atoms with Crippen molar-refractivity contribution in [1.29, 1.82) is 0 Å². The Bertz CT molecular complexity index is 1100. The molecular formula is C27H29N5. The molecule has 162 valence electrons. The lowest BCUT2D eigenvalue weighted by Crippen LogP contribution is -1.97. The highest BCUT2D eigenvalue weighted by Gasteiger charge is 2.12. The van der Waals surface area contributed by atoms with Gasteiger partial charge < -0.3 is 21.3 Å². The summed E-state index contributed by atoms with van der Waals surface area (Å²) >= 11 is 0. The van der Waals surface area contributed by atoms with E-state index in [0.29, 0.717) is 0 Å². The number of hydrogen-bond donors (Lipinski definition) is 4. The molecule has 0 aliphatic carbocycles. The number of benzene rings is 3. The van der Waals surface area contributed by atoms with E-state index < -0.39 is 0 Å². The molecule has 0 atom stereocenters. The molecule has 3 aromatic carbocycles. The Labute approximate surface area is 189 Å². The third kappa shape index (κ3) is 4.52. The number of nitrogens with zero attached hydrogens (tertiary/aromatic N) is 1. The van der Waals surface area contributed by atoms with Crippen molar-refractivity contribution in [2.45, 2.75) is 0 Å². The summed E-state index contributed by atoms with van der Waals surface area (Å²) < 4.78 is 0. The van der Waals surface area contributed by atoms with Crippen LogP contribution in [0.5, 0.6) is 0 Å². The highest BCUT2D eigenvalue weighted by molar-refractivity contribution is 5.81. The van der Waals surface area contributed by atoms with Crippen molar-refractivity contribution in [3.63, 3.8) is 0 Å². The summed E-state index contributed by atoms with van der Waals surface area (Å²) in [4.78, 5) is 5.09. The normalized spacial score (nSPS) is 10.5. The summed E-state index contributed by atoms with van der Waals surface area (Å²) in [7, 11) is 7.72. The first-order chi connectivity index (χ1) is 15.6. The van der Waals surface area contributed by atoms with Gasteiger partial charge in [-0.15, -0.1) is 0 Å². The van der Waals surface area contributed by atoms with Gasteiger partial charge in [0.1, 0.15) is 0 Å². The minimum Gasteiger partial charge on any atom is -0.388 e. The summed E-state index contributed by atoms with van der Waals surface area (Å²) in [6.45, 7) is 0. The lowest BCUT2D eigenvalue weighted by atomic mass is 9.99.